The van der Waals surface area contributed by atoms with Crippen molar-refractivity contribution >= 4 is 17.4 Å². The number of pyridine rings is 1. The highest BCUT2D eigenvalue weighted by atomic mass is 16.4. The zero-order chi connectivity index (χ0) is 14.0. The number of hydrogen-bond acceptors (Lipinski definition) is 2. The number of aromatic nitrogens is 1. The molecule has 2 N–H and O–H groups in total. The third kappa shape index (κ3) is 2.76. The molecule has 0 bridgehead atoms. The van der Waals surface area contributed by atoms with E-state index in [0.29, 0.717) is 5.56 Å². The van der Waals surface area contributed by atoms with Gasteiger partial charge in [-0.2, -0.15) is 0 Å². The van der Waals surface area contributed by atoms with Crippen molar-refractivity contribution in [3.63, 3.8) is 0 Å². The van der Waals surface area contributed by atoms with Gasteiger partial charge in [0.2, 0.25) is 0 Å². The Kier molecular flexibility index (Phi) is 3.29. The third-order valence-electron chi connectivity index (χ3n) is 3.04. The Bertz CT molecular complexity index is 595. The SMILES string of the molecule is CC(C)(CNC(=O)c1cc2ccccn2c1)C(=O)O. The molecule has 1 amide bonds. The molecule has 0 aromatic carbocycles. The zero-order valence-electron chi connectivity index (χ0n) is 10.9. The molecule has 5 heteroatoms. The van der Waals surface area contributed by atoms with Gasteiger partial charge in [-0.05, 0) is 32.0 Å². The minimum Gasteiger partial charge on any atom is -0.481 e. The number of fused-ring (bicyclic) bond motifs is 1. The van der Waals surface area contributed by atoms with Crippen molar-refractivity contribution in [2.75, 3.05) is 6.54 Å². The van der Waals surface area contributed by atoms with Gasteiger partial charge in [0.05, 0.1) is 11.0 Å². The fourth-order valence-corrected chi connectivity index (χ4v) is 1.66. The minimum absolute atomic E-state index is 0.0906. The number of hydrogen-bond donors (Lipinski definition) is 2. The van der Waals surface area contributed by atoms with Crippen LogP contribution >= 0.6 is 0 Å². The third-order valence-corrected chi connectivity index (χ3v) is 3.04. The van der Waals surface area contributed by atoms with Crippen molar-refractivity contribution in [1.29, 1.82) is 0 Å². The summed E-state index contributed by atoms with van der Waals surface area (Å²) >= 11 is 0. The summed E-state index contributed by atoms with van der Waals surface area (Å²) in [6, 6.07) is 7.44. The van der Waals surface area contributed by atoms with E-state index in [1.54, 1.807) is 26.1 Å². The van der Waals surface area contributed by atoms with Crippen LogP contribution in [0.4, 0.5) is 0 Å². The van der Waals surface area contributed by atoms with E-state index < -0.39 is 11.4 Å². The lowest BCUT2D eigenvalue weighted by Gasteiger charge is -2.19. The number of nitrogens with zero attached hydrogens (tertiary/aromatic N) is 1. The zero-order valence-corrected chi connectivity index (χ0v) is 10.9. The average Bonchev–Trinajstić information content (AvgIpc) is 2.79. The predicted molar refractivity (Wildman–Crippen MR) is 71.1 cm³/mol. The van der Waals surface area contributed by atoms with Crippen molar-refractivity contribution in [3.05, 3.63) is 42.2 Å². The first-order valence-electron chi connectivity index (χ1n) is 5.98. The highest BCUT2D eigenvalue weighted by molar-refractivity contribution is 5.95. The largest absolute Gasteiger partial charge is 0.481 e. The lowest BCUT2D eigenvalue weighted by atomic mass is 9.94. The molecule has 2 heterocycles. The van der Waals surface area contributed by atoms with Crippen molar-refractivity contribution in [3.8, 4) is 0 Å². The van der Waals surface area contributed by atoms with E-state index in [9.17, 15) is 9.59 Å². The number of carbonyl (C=O) groups is 2. The van der Waals surface area contributed by atoms with E-state index in [2.05, 4.69) is 5.32 Å². The number of aliphatic carboxylic acids is 1. The Morgan fingerprint density at radius 2 is 2.11 bits per heavy atom. The Balaban J connectivity index is 2.10. The Hall–Kier alpha value is -2.30. The van der Waals surface area contributed by atoms with Gasteiger partial charge in [0.25, 0.3) is 5.91 Å². The van der Waals surface area contributed by atoms with Crippen LogP contribution in [-0.4, -0.2) is 27.9 Å². The van der Waals surface area contributed by atoms with Crippen LogP contribution in [0.1, 0.15) is 24.2 Å². The van der Waals surface area contributed by atoms with Gasteiger partial charge < -0.3 is 14.8 Å². The quantitative estimate of drug-likeness (QED) is 0.880. The first kappa shape index (κ1) is 13.1. The van der Waals surface area contributed by atoms with Crippen LogP contribution in [0.5, 0.6) is 0 Å². The van der Waals surface area contributed by atoms with Crippen molar-refractivity contribution in [1.82, 2.24) is 9.72 Å². The summed E-state index contributed by atoms with van der Waals surface area (Å²) in [6.45, 7) is 3.24. The van der Waals surface area contributed by atoms with Crippen LogP contribution in [0.3, 0.4) is 0 Å². The molecule has 0 saturated carbocycles. The maximum Gasteiger partial charge on any atom is 0.310 e. The van der Waals surface area contributed by atoms with Gasteiger partial charge >= 0.3 is 5.97 Å². The summed E-state index contributed by atoms with van der Waals surface area (Å²) in [5.41, 5.74) is 0.465. The van der Waals surface area contributed by atoms with Gasteiger partial charge in [0, 0.05) is 24.5 Å². The van der Waals surface area contributed by atoms with Crippen LogP contribution in [0.15, 0.2) is 36.7 Å². The second kappa shape index (κ2) is 4.76. The van der Waals surface area contributed by atoms with E-state index in [0.717, 1.165) is 5.52 Å². The highest BCUT2D eigenvalue weighted by Gasteiger charge is 2.27. The number of nitrogens with one attached hydrogen (secondary N) is 1. The molecule has 0 spiro atoms. The maximum absolute atomic E-state index is 12.0. The lowest BCUT2D eigenvalue weighted by Crippen LogP contribution is -2.38. The first-order chi connectivity index (χ1) is 8.90. The molecule has 0 aliphatic carbocycles. The summed E-state index contributed by atoms with van der Waals surface area (Å²) in [5, 5.41) is 11.6. The van der Waals surface area contributed by atoms with E-state index in [1.165, 1.54) is 0 Å². The molecule has 2 aromatic heterocycles. The number of carbonyl (C=O) groups excluding carboxylic acids is 1. The molecular formula is C14H16N2O3. The van der Waals surface area contributed by atoms with Crippen LogP contribution in [0.25, 0.3) is 5.52 Å². The maximum atomic E-state index is 12.0. The van der Waals surface area contributed by atoms with Crippen LogP contribution < -0.4 is 5.32 Å². The second-order valence-corrected chi connectivity index (χ2v) is 5.13. The topological polar surface area (TPSA) is 70.8 Å². The lowest BCUT2D eigenvalue weighted by molar-refractivity contribution is -0.146. The van der Waals surface area contributed by atoms with Gasteiger partial charge in [-0.1, -0.05) is 6.07 Å². The highest BCUT2D eigenvalue weighted by Crippen LogP contribution is 2.14. The molecule has 0 saturated heterocycles. The van der Waals surface area contributed by atoms with E-state index in [1.807, 2.05) is 28.8 Å². The minimum atomic E-state index is -0.977. The number of carboxylic acids is 1. The molecule has 0 radical (unpaired) electrons. The van der Waals surface area contributed by atoms with Gasteiger partial charge in [-0.25, -0.2) is 0 Å². The summed E-state index contributed by atoms with van der Waals surface area (Å²) in [7, 11) is 0. The van der Waals surface area contributed by atoms with Crippen LogP contribution in [0.2, 0.25) is 0 Å². The van der Waals surface area contributed by atoms with Crippen molar-refractivity contribution < 1.29 is 14.7 Å². The molecule has 0 aliphatic rings. The molecule has 19 heavy (non-hydrogen) atoms. The fourth-order valence-electron chi connectivity index (χ4n) is 1.66. The Morgan fingerprint density at radius 3 is 2.74 bits per heavy atom. The van der Waals surface area contributed by atoms with Crippen LogP contribution in [-0.2, 0) is 4.79 Å². The predicted octanol–water partition coefficient (Wildman–Crippen LogP) is 1.78. The molecule has 0 aliphatic heterocycles. The van der Waals surface area contributed by atoms with E-state index >= 15 is 0 Å². The van der Waals surface area contributed by atoms with Gasteiger partial charge in [-0.15, -0.1) is 0 Å². The smallest absolute Gasteiger partial charge is 0.310 e. The molecule has 0 unspecified atom stereocenters. The Labute approximate surface area is 110 Å². The van der Waals surface area contributed by atoms with E-state index in [-0.39, 0.29) is 12.5 Å². The fraction of sp³-hybridized carbons (Fsp3) is 0.286. The molecule has 100 valence electrons. The molecule has 2 rings (SSSR count). The van der Waals surface area contributed by atoms with Gasteiger partial charge in [-0.3, -0.25) is 9.59 Å². The standard InChI is InChI=1S/C14H16N2O3/c1-14(2,13(18)19)9-15-12(17)10-7-11-5-3-4-6-16(11)8-10/h3-8H,9H2,1-2H3,(H,15,17)(H,18,19). The monoisotopic (exact) mass is 260 g/mol. The van der Waals surface area contributed by atoms with E-state index in [4.69, 9.17) is 5.11 Å². The second-order valence-electron chi connectivity index (χ2n) is 5.13. The summed E-state index contributed by atoms with van der Waals surface area (Å²) in [6.07, 6.45) is 3.58. The number of amides is 1. The Morgan fingerprint density at radius 1 is 1.37 bits per heavy atom. The molecule has 0 fully saturated rings. The number of carboxylic acid groups (broad SMARTS) is 1. The van der Waals surface area contributed by atoms with Gasteiger partial charge in [0.1, 0.15) is 0 Å². The average molecular weight is 260 g/mol. The first-order valence-corrected chi connectivity index (χ1v) is 5.98. The molecule has 0 atom stereocenters. The van der Waals surface area contributed by atoms with Crippen LogP contribution in [0, 0.1) is 5.41 Å². The van der Waals surface area contributed by atoms with Gasteiger partial charge in [0.15, 0.2) is 0 Å². The van der Waals surface area contributed by atoms with Crippen molar-refractivity contribution in [2.45, 2.75) is 13.8 Å². The summed E-state index contributed by atoms with van der Waals surface area (Å²) < 4.78 is 1.84. The molecular weight excluding hydrogens is 244 g/mol. The molecule has 2 aromatic rings. The van der Waals surface area contributed by atoms with Crippen molar-refractivity contribution in [2.24, 2.45) is 5.41 Å². The summed E-state index contributed by atoms with van der Waals surface area (Å²) in [5.74, 6) is -1.20. The molecule has 5 nitrogen and oxygen atoms in total. The number of rotatable bonds is 4. The normalized spacial score (nSPS) is 11.5. The summed E-state index contributed by atoms with van der Waals surface area (Å²) in [4.78, 5) is 22.9.